The summed E-state index contributed by atoms with van der Waals surface area (Å²) in [6, 6.07) is 7.15. The monoisotopic (exact) mass is 247 g/mol. The van der Waals surface area contributed by atoms with Gasteiger partial charge in [0.25, 0.3) is 5.91 Å². The minimum absolute atomic E-state index is 0.0431. The fourth-order valence-electron chi connectivity index (χ4n) is 2.29. The van der Waals surface area contributed by atoms with Crippen LogP contribution in [0.3, 0.4) is 0 Å². The molecule has 0 bridgehead atoms. The predicted octanol–water partition coefficient (Wildman–Crippen LogP) is 1.44. The van der Waals surface area contributed by atoms with Gasteiger partial charge in [-0.1, -0.05) is 6.07 Å². The Balaban J connectivity index is 1.87. The molecule has 0 radical (unpaired) electrons. The molecule has 0 saturated carbocycles. The van der Waals surface area contributed by atoms with E-state index in [4.69, 9.17) is 5.73 Å². The maximum absolute atomic E-state index is 12.2. The van der Waals surface area contributed by atoms with Crippen molar-refractivity contribution < 1.29 is 4.79 Å². The van der Waals surface area contributed by atoms with Crippen LogP contribution in [0.15, 0.2) is 24.3 Å². The van der Waals surface area contributed by atoms with Crippen LogP contribution in [0.4, 0.5) is 5.69 Å². The number of amides is 1. The second kappa shape index (κ2) is 5.87. The first-order valence-electron chi connectivity index (χ1n) is 6.50. The molecule has 0 aromatic heterocycles. The maximum Gasteiger partial charge on any atom is 0.253 e. The van der Waals surface area contributed by atoms with E-state index in [9.17, 15) is 4.79 Å². The molecule has 2 rings (SSSR count). The summed E-state index contributed by atoms with van der Waals surface area (Å²) in [7, 11) is 1.85. The summed E-state index contributed by atoms with van der Waals surface area (Å²) in [5.41, 5.74) is 6.99. The van der Waals surface area contributed by atoms with Gasteiger partial charge in [0, 0.05) is 31.4 Å². The quantitative estimate of drug-likeness (QED) is 0.819. The number of likely N-dealkylation sites (tertiary alicyclic amines) is 1. The smallest absolute Gasteiger partial charge is 0.253 e. The summed E-state index contributed by atoms with van der Waals surface area (Å²) in [5.74, 6) is 0.0431. The van der Waals surface area contributed by atoms with Crippen LogP contribution in [0, 0.1) is 0 Å². The van der Waals surface area contributed by atoms with Crippen molar-refractivity contribution in [2.45, 2.75) is 12.8 Å². The molecule has 1 fully saturated rings. The van der Waals surface area contributed by atoms with E-state index in [1.165, 1.54) is 25.9 Å². The van der Waals surface area contributed by atoms with Crippen LogP contribution in [0.25, 0.3) is 0 Å². The van der Waals surface area contributed by atoms with Crippen molar-refractivity contribution in [1.82, 2.24) is 9.80 Å². The van der Waals surface area contributed by atoms with Crippen molar-refractivity contribution >= 4 is 11.6 Å². The highest BCUT2D eigenvalue weighted by Gasteiger charge is 2.15. The average molecular weight is 247 g/mol. The van der Waals surface area contributed by atoms with E-state index in [1.807, 2.05) is 19.2 Å². The molecule has 0 unspecified atom stereocenters. The van der Waals surface area contributed by atoms with E-state index in [0.29, 0.717) is 11.3 Å². The lowest BCUT2D eigenvalue weighted by Gasteiger charge is -2.21. The molecule has 98 valence electrons. The van der Waals surface area contributed by atoms with Crippen LogP contribution in [0.2, 0.25) is 0 Å². The van der Waals surface area contributed by atoms with Crippen molar-refractivity contribution in [3.05, 3.63) is 29.8 Å². The second-order valence-corrected chi connectivity index (χ2v) is 4.90. The molecule has 4 heteroatoms. The van der Waals surface area contributed by atoms with Crippen LogP contribution in [-0.2, 0) is 0 Å². The van der Waals surface area contributed by atoms with Gasteiger partial charge in [-0.05, 0) is 44.1 Å². The van der Waals surface area contributed by atoms with Gasteiger partial charge in [-0.3, -0.25) is 4.79 Å². The number of hydrogen-bond acceptors (Lipinski definition) is 3. The minimum atomic E-state index is 0.0431. The van der Waals surface area contributed by atoms with Crippen LogP contribution >= 0.6 is 0 Å². The molecular formula is C14H21N3O. The van der Waals surface area contributed by atoms with Gasteiger partial charge in [-0.15, -0.1) is 0 Å². The van der Waals surface area contributed by atoms with Gasteiger partial charge < -0.3 is 15.5 Å². The van der Waals surface area contributed by atoms with Gasteiger partial charge in [0.1, 0.15) is 0 Å². The summed E-state index contributed by atoms with van der Waals surface area (Å²) < 4.78 is 0. The Bertz CT molecular complexity index is 413. The zero-order chi connectivity index (χ0) is 13.0. The van der Waals surface area contributed by atoms with E-state index < -0.39 is 0 Å². The molecule has 2 N–H and O–H groups in total. The number of hydrogen-bond donors (Lipinski definition) is 1. The van der Waals surface area contributed by atoms with Gasteiger partial charge in [0.05, 0.1) is 0 Å². The number of anilines is 1. The number of carbonyl (C=O) groups is 1. The van der Waals surface area contributed by atoms with Crippen molar-refractivity contribution in [3.63, 3.8) is 0 Å². The Morgan fingerprint density at radius 2 is 2.11 bits per heavy atom. The molecule has 1 aliphatic rings. The molecule has 1 saturated heterocycles. The van der Waals surface area contributed by atoms with Crippen molar-refractivity contribution in [1.29, 1.82) is 0 Å². The van der Waals surface area contributed by atoms with Gasteiger partial charge in [0.15, 0.2) is 0 Å². The molecule has 1 aliphatic heterocycles. The molecule has 0 spiro atoms. The molecule has 4 nitrogen and oxygen atoms in total. The Kier molecular flexibility index (Phi) is 4.20. The standard InChI is InChI=1S/C14H21N3O/c1-16(9-10-17-7-2-3-8-17)14(18)12-5-4-6-13(15)11-12/h4-6,11H,2-3,7-10,15H2,1H3. The fourth-order valence-corrected chi connectivity index (χ4v) is 2.29. The average Bonchev–Trinajstić information content (AvgIpc) is 2.88. The van der Waals surface area contributed by atoms with Crippen LogP contribution < -0.4 is 5.73 Å². The highest BCUT2D eigenvalue weighted by molar-refractivity contribution is 5.94. The lowest BCUT2D eigenvalue weighted by molar-refractivity contribution is 0.0782. The zero-order valence-corrected chi connectivity index (χ0v) is 10.9. The topological polar surface area (TPSA) is 49.6 Å². The first-order valence-corrected chi connectivity index (χ1v) is 6.50. The van der Waals surface area contributed by atoms with Gasteiger partial charge in [0.2, 0.25) is 0 Å². The van der Waals surface area contributed by atoms with Crippen LogP contribution in [0.5, 0.6) is 0 Å². The molecule has 1 aromatic carbocycles. The van der Waals surface area contributed by atoms with Gasteiger partial charge in [-0.25, -0.2) is 0 Å². The van der Waals surface area contributed by atoms with E-state index in [-0.39, 0.29) is 5.91 Å². The highest BCUT2D eigenvalue weighted by atomic mass is 16.2. The minimum Gasteiger partial charge on any atom is -0.399 e. The van der Waals surface area contributed by atoms with E-state index in [1.54, 1.807) is 17.0 Å². The van der Waals surface area contributed by atoms with Crippen LogP contribution in [-0.4, -0.2) is 48.9 Å². The van der Waals surface area contributed by atoms with Crippen molar-refractivity contribution in [2.24, 2.45) is 0 Å². The Morgan fingerprint density at radius 3 is 2.78 bits per heavy atom. The highest BCUT2D eigenvalue weighted by Crippen LogP contribution is 2.10. The van der Waals surface area contributed by atoms with Crippen LogP contribution in [0.1, 0.15) is 23.2 Å². The molecule has 1 heterocycles. The number of nitrogens with zero attached hydrogens (tertiary/aromatic N) is 2. The largest absolute Gasteiger partial charge is 0.399 e. The molecule has 0 aliphatic carbocycles. The number of nitrogens with two attached hydrogens (primary N) is 1. The van der Waals surface area contributed by atoms with Gasteiger partial charge >= 0.3 is 0 Å². The third-order valence-electron chi connectivity index (χ3n) is 3.43. The number of nitrogen functional groups attached to an aromatic ring is 1. The normalized spacial score (nSPS) is 15.8. The number of carbonyl (C=O) groups excluding carboxylic acids is 1. The Labute approximate surface area is 108 Å². The summed E-state index contributed by atoms with van der Waals surface area (Å²) in [4.78, 5) is 16.3. The van der Waals surface area contributed by atoms with Gasteiger partial charge in [-0.2, -0.15) is 0 Å². The first kappa shape index (κ1) is 12.9. The Morgan fingerprint density at radius 1 is 1.39 bits per heavy atom. The predicted molar refractivity (Wildman–Crippen MR) is 73.5 cm³/mol. The maximum atomic E-state index is 12.2. The van der Waals surface area contributed by atoms with Crippen molar-refractivity contribution in [3.8, 4) is 0 Å². The summed E-state index contributed by atoms with van der Waals surface area (Å²) >= 11 is 0. The molecule has 1 aromatic rings. The SMILES string of the molecule is CN(CCN1CCCC1)C(=O)c1cccc(N)c1. The molecule has 18 heavy (non-hydrogen) atoms. The third-order valence-corrected chi connectivity index (χ3v) is 3.43. The zero-order valence-electron chi connectivity index (χ0n) is 10.9. The summed E-state index contributed by atoms with van der Waals surface area (Å²) in [6.45, 7) is 4.07. The lowest BCUT2D eigenvalue weighted by atomic mass is 10.2. The fraction of sp³-hybridized carbons (Fsp3) is 0.500. The van der Waals surface area contributed by atoms with E-state index in [0.717, 1.165) is 13.1 Å². The third kappa shape index (κ3) is 3.23. The number of rotatable bonds is 4. The Hall–Kier alpha value is -1.55. The van der Waals surface area contributed by atoms with E-state index in [2.05, 4.69) is 4.90 Å². The number of likely N-dealkylation sites (N-methyl/N-ethyl adjacent to an activating group) is 1. The number of benzene rings is 1. The lowest BCUT2D eigenvalue weighted by Crippen LogP contribution is -2.35. The molecular weight excluding hydrogens is 226 g/mol. The second-order valence-electron chi connectivity index (χ2n) is 4.90. The summed E-state index contributed by atoms with van der Waals surface area (Å²) in [5, 5.41) is 0. The van der Waals surface area contributed by atoms with Crippen molar-refractivity contribution in [2.75, 3.05) is 39.0 Å². The molecule has 1 amide bonds. The first-order chi connectivity index (χ1) is 8.66. The van der Waals surface area contributed by atoms with E-state index >= 15 is 0 Å². The summed E-state index contributed by atoms with van der Waals surface area (Å²) in [6.07, 6.45) is 2.57. The molecule has 0 atom stereocenters.